The van der Waals surface area contributed by atoms with Crippen molar-refractivity contribution in [3.05, 3.63) is 52.8 Å². The van der Waals surface area contributed by atoms with Crippen molar-refractivity contribution in [2.75, 3.05) is 0 Å². The Bertz CT molecular complexity index is 635. The molecule has 1 aromatic carbocycles. The van der Waals surface area contributed by atoms with Crippen molar-refractivity contribution in [2.45, 2.75) is 0 Å². The standard InChI is InChI=1S/C13H7ClN2O2/c14-12-4-9(8-17)1-2-13(12)18-11-3-10(5-15)6-16-7-11/h1-4,6-8H. The molecule has 4 nitrogen and oxygen atoms in total. The summed E-state index contributed by atoms with van der Waals surface area (Å²) < 4.78 is 5.49. The monoisotopic (exact) mass is 258 g/mol. The Labute approximate surface area is 108 Å². The van der Waals surface area contributed by atoms with Gasteiger partial charge in [0.2, 0.25) is 0 Å². The highest BCUT2D eigenvalue weighted by Crippen LogP contribution is 2.29. The molecule has 0 aliphatic heterocycles. The summed E-state index contributed by atoms with van der Waals surface area (Å²) >= 11 is 5.96. The van der Waals surface area contributed by atoms with Crippen LogP contribution in [0.1, 0.15) is 15.9 Å². The molecule has 0 atom stereocenters. The quantitative estimate of drug-likeness (QED) is 0.793. The number of pyridine rings is 1. The molecule has 0 amide bonds. The van der Waals surface area contributed by atoms with Crippen molar-refractivity contribution in [1.82, 2.24) is 4.98 Å². The van der Waals surface area contributed by atoms with E-state index in [1.165, 1.54) is 18.5 Å². The molecule has 0 bridgehead atoms. The number of ether oxygens (including phenoxy) is 1. The molecule has 1 aromatic heterocycles. The van der Waals surface area contributed by atoms with Gasteiger partial charge in [0.05, 0.1) is 16.8 Å². The Morgan fingerprint density at radius 2 is 2.17 bits per heavy atom. The first-order valence-electron chi connectivity index (χ1n) is 5.00. The van der Waals surface area contributed by atoms with Gasteiger partial charge in [-0.3, -0.25) is 9.78 Å². The molecule has 0 saturated carbocycles. The molecular weight excluding hydrogens is 252 g/mol. The molecule has 0 fully saturated rings. The Kier molecular flexibility index (Phi) is 3.56. The third-order valence-corrected chi connectivity index (χ3v) is 2.46. The van der Waals surface area contributed by atoms with E-state index in [4.69, 9.17) is 21.6 Å². The second kappa shape index (κ2) is 5.30. The molecule has 1 heterocycles. The number of rotatable bonds is 3. The summed E-state index contributed by atoms with van der Waals surface area (Å²) in [4.78, 5) is 14.4. The number of halogens is 1. The lowest BCUT2D eigenvalue weighted by atomic mass is 10.2. The fourth-order valence-electron chi connectivity index (χ4n) is 1.34. The molecule has 0 aliphatic rings. The van der Waals surface area contributed by atoms with Crippen LogP contribution in [0, 0.1) is 11.3 Å². The predicted octanol–water partition coefficient (Wildman–Crippen LogP) is 3.21. The zero-order valence-electron chi connectivity index (χ0n) is 9.13. The Morgan fingerprint density at radius 1 is 1.33 bits per heavy atom. The molecule has 88 valence electrons. The van der Waals surface area contributed by atoms with E-state index in [1.807, 2.05) is 6.07 Å². The van der Waals surface area contributed by atoms with E-state index in [0.717, 1.165) is 0 Å². The number of aromatic nitrogens is 1. The maximum Gasteiger partial charge on any atom is 0.150 e. The largest absolute Gasteiger partial charge is 0.454 e. The van der Waals surface area contributed by atoms with Crippen LogP contribution < -0.4 is 4.74 Å². The Balaban J connectivity index is 2.28. The second-order valence-electron chi connectivity index (χ2n) is 3.43. The van der Waals surface area contributed by atoms with Gasteiger partial charge >= 0.3 is 0 Å². The normalized spacial score (nSPS) is 9.56. The summed E-state index contributed by atoms with van der Waals surface area (Å²) in [6.45, 7) is 0. The van der Waals surface area contributed by atoms with E-state index in [9.17, 15) is 4.79 Å². The zero-order valence-corrected chi connectivity index (χ0v) is 9.89. The molecule has 0 unspecified atom stereocenters. The number of carbonyl (C=O) groups is 1. The van der Waals surface area contributed by atoms with Crippen LogP contribution in [0.2, 0.25) is 5.02 Å². The topological polar surface area (TPSA) is 63.0 Å². The van der Waals surface area contributed by atoms with Gasteiger partial charge in [-0.05, 0) is 18.2 Å². The number of nitriles is 1. The van der Waals surface area contributed by atoms with Crippen molar-refractivity contribution >= 4 is 17.9 Å². The first kappa shape index (κ1) is 12.1. The maximum atomic E-state index is 10.6. The molecule has 0 aliphatic carbocycles. The molecule has 0 radical (unpaired) electrons. The Morgan fingerprint density at radius 3 is 2.83 bits per heavy atom. The summed E-state index contributed by atoms with van der Waals surface area (Å²) in [6.07, 6.45) is 3.61. The van der Waals surface area contributed by atoms with Crippen LogP contribution in [0.4, 0.5) is 0 Å². The van der Waals surface area contributed by atoms with Crippen molar-refractivity contribution in [3.8, 4) is 17.6 Å². The van der Waals surface area contributed by atoms with Crippen LogP contribution >= 0.6 is 11.6 Å². The lowest BCUT2D eigenvalue weighted by molar-refractivity contribution is 0.112. The van der Waals surface area contributed by atoms with E-state index in [-0.39, 0.29) is 0 Å². The molecule has 0 spiro atoms. The smallest absolute Gasteiger partial charge is 0.150 e. The van der Waals surface area contributed by atoms with Crippen LogP contribution in [0.15, 0.2) is 36.7 Å². The predicted molar refractivity (Wildman–Crippen MR) is 65.9 cm³/mol. The minimum atomic E-state index is 0.321. The zero-order chi connectivity index (χ0) is 13.0. The summed E-state index contributed by atoms with van der Waals surface area (Å²) in [5.41, 5.74) is 0.865. The van der Waals surface area contributed by atoms with Gasteiger partial charge in [-0.1, -0.05) is 11.6 Å². The van der Waals surface area contributed by atoms with E-state index < -0.39 is 0 Å². The fraction of sp³-hybridized carbons (Fsp3) is 0. The van der Waals surface area contributed by atoms with Crippen molar-refractivity contribution in [3.63, 3.8) is 0 Å². The van der Waals surface area contributed by atoms with Gasteiger partial charge in [0.1, 0.15) is 23.9 Å². The average Bonchev–Trinajstić information content (AvgIpc) is 2.41. The van der Waals surface area contributed by atoms with E-state index >= 15 is 0 Å². The minimum absolute atomic E-state index is 0.321. The van der Waals surface area contributed by atoms with Gasteiger partial charge in [0.15, 0.2) is 0 Å². The summed E-state index contributed by atoms with van der Waals surface area (Å²) in [5, 5.41) is 9.06. The third-order valence-electron chi connectivity index (χ3n) is 2.16. The third kappa shape index (κ3) is 2.65. The Hall–Kier alpha value is -2.38. The number of hydrogen-bond donors (Lipinski definition) is 0. The SMILES string of the molecule is N#Cc1cncc(Oc2ccc(C=O)cc2Cl)c1. The highest BCUT2D eigenvalue weighted by molar-refractivity contribution is 6.32. The lowest BCUT2D eigenvalue weighted by Crippen LogP contribution is -1.89. The molecule has 5 heteroatoms. The molecule has 0 saturated heterocycles. The summed E-state index contributed by atoms with van der Waals surface area (Å²) in [7, 11) is 0. The second-order valence-corrected chi connectivity index (χ2v) is 3.84. The van der Waals surface area contributed by atoms with E-state index in [0.29, 0.717) is 33.9 Å². The number of aldehydes is 1. The first-order valence-corrected chi connectivity index (χ1v) is 5.38. The molecule has 2 aromatic rings. The van der Waals surface area contributed by atoms with Crippen LogP contribution in [0.3, 0.4) is 0 Å². The maximum absolute atomic E-state index is 10.6. The van der Waals surface area contributed by atoms with Gasteiger partial charge in [-0.15, -0.1) is 0 Å². The van der Waals surface area contributed by atoms with Gasteiger partial charge in [0, 0.05) is 17.8 Å². The van der Waals surface area contributed by atoms with E-state index in [1.54, 1.807) is 18.2 Å². The lowest BCUT2D eigenvalue weighted by Gasteiger charge is -2.07. The van der Waals surface area contributed by atoms with E-state index in [2.05, 4.69) is 4.98 Å². The number of hydrogen-bond acceptors (Lipinski definition) is 4. The summed E-state index contributed by atoms with van der Waals surface area (Å²) in [6, 6.07) is 8.20. The summed E-state index contributed by atoms with van der Waals surface area (Å²) in [5.74, 6) is 0.814. The van der Waals surface area contributed by atoms with Crippen LogP contribution in [-0.2, 0) is 0 Å². The number of nitrogens with zero attached hydrogens (tertiary/aromatic N) is 2. The van der Waals surface area contributed by atoms with Gasteiger partial charge in [-0.25, -0.2) is 0 Å². The highest BCUT2D eigenvalue weighted by Gasteiger charge is 2.05. The molecule has 0 N–H and O–H groups in total. The average molecular weight is 259 g/mol. The van der Waals surface area contributed by atoms with Gasteiger partial charge < -0.3 is 4.74 Å². The molecular formula is C13H7ClN2O2. The molecule has 2 rings (SSSR count). The minimum Gasteiger partial charge on any atom is -0.454 e. The van der Waals surface area contributed by atoms with Crippen LogP contribution in [0.5, 0.6) is 11.5 Å². The van der Waals surface area contributed by atoms with Crippen molar-refractivity contribution in [1.29, 1.82) is 5.26 Å². The molecule has 18 heavy (non-hydrogen) atoms. The number of benzene rings is 1. The van der Waals surface area contributed by atoms with Gasteiger partial charge in [0.25, 0.3) is 0 Å². The van der Waals surface area contributed by atoms with Crippen molar-refractivity contribution in [2.24, 2.45) is 0 Å². The van der Waals surface area contributed by atoms with Crippen LogP contribution in [-0.4, -0.2) is 11.3 Å². The fourth-order valence-corrected chi connectivity index (χ4v) is 1.56. The van der Waals surface area contributed by atoms with Gasteiger partial charge in [-0.2, -0.15) is 5.26 Å². The highest BCUT2D eigenvalue weighted by atomic mass is 35.5. The number of carbonyl (C=O) groups excluding carboxylic acids is 1. The first-order chi connectivity index (χ1) is 8.72. The van der Waals surface area contributed by atoms with Crippen molar-refractivity contribution < 1.29 is 9.53 Å². The van der Waals surface area contributed by atoms with Crippen LogP contribution in [0.25, 0.3) is 0 Å².